The number of nitriles is 1. The smallest absolute Gasteiger partial charge is 0.226 e. The lowest BCUT2D eigenvalue weighted by atomic mass is 10.0. The van der Waals surface area contributed by atoms with Gasteiger partial charge in [0.05, 0.1) is 21.6 Å². The van der Waals surface area contributed by atoms with Gasteiger partial charge in [-0.05, 0) is 55.7 Å². The van der Waals surface area contributed by atoms with Gasteiger partial charge in [0, 0.05) is 43.3 Å². The lowest BCUT2D eigenvalue weighted by molar-refractivity contribution is 0.457. The molecule has 0 atom stereocenters. The van der Waals surface area contributed by atoms with Crippen LogP contribution in [0.3, 0.4) is 0 Å². The third kappa shape index (κ3) is 5.58. The van der Waals surface area contributed by atoms with E-state index in [4.69, 9.17) is 21.6 Å². The highest BCUT2D eigenvalue weighted by molar-refractivity contribution is 7.90. The second-order valence-electron chi connectivity index (χ2n) is 8.21. The Labute approximate surface area is 204 Å². The van der Waals surface area contributed by atoms with Gasteiger partial charge in [0.2, 0.25) is 11.8 Å². The summed E-state index contributed by atoms with van der Waals surface area (Å²) in [6.45, 7) is 3.38. The summed E-state index contributed by atoms with van der Waals surface area (Å²) >= 11 is 6.28. The standard InChI is InChI=1S/C24H24ClN5O3S/c1-16-12-17(15-26)13-21(25)23(16)33-22-6-9-27-24(29-22)28-18-7-10-30(11-8-18)19-4-3-5-20(14-19)34(2,31)32/h3-6,9,12-14,18H,7-8,10-11H2,1-2H3,(H,27,28,29). The van der Waals surface area contributed by atoms with Crippen molar-refractivity contribution in [2.75, 3.05) is 29.6 Å². The summed E-state index contributed by atoms with van der Waals surface area (Å²) in [7, 11) is -3.24. The largest absolute Gasteiger partial charge is 0.437 e. The van der Waals surface area contributed by atoms with Crippen LogP contribution in [0, 0.1) is 18.3 Å². The third-order valence-corrected chi connectivity index (χ3v) is 7.03. The maximum Gasteiger partial charge on any atom is 0.226 e. The maximum atomic E-state index is 11.9. The average Bonchev–Trinajstić information content (AvgIpc) is 2.81. The molecule has 34 heavy (non-hydrogen) atoms. The predicted octanol–water partition coefficient (Wildman–Crippen LogP) is 4.59. The highest BCUT2D eigenvalue weighted by atomic mass is 35.5. The van der Waals surface area contributed by atoms with Crippen molar-refractivity contribution in [2.24, 2.45) is 0 Å². The third-order valence-electron chi connectivity index (χ3n) is 5.63. The summed E-state index contributed by atoms with van der Waals surface area (Å²) in [6.07, 6.45) is 4.52. The van der Waals surface area contributed by atoms with Gasteiger partial charge in [0.25, 0.3) is 0 Å². The van der Waals surface area contributed by atoms with Crippen LogP contribution in [-0.4, -0.2) is 43.8 Å². The molecule has 1 fully saturated rings. The first kappa shape index (κ1) is 23.8. The monoisotopic (exact) mass is 497 g/mol. The van der Waals surface area contributed by atoms with Gasteiger partial charge in [-0.25, -0.2) is 13.4 Å². The zero-order chi connectivity index (χ0) is 24.3. The Morgan fingerprint density at radius 3 is 2.65 bits per heavy atom. The van der Waals surface area contributed by atoms with Crippen molar-refractivity contribution in [2.45, 2.75) is 30.7 Å². The molecule has 8 nitrogen and oxygen atoms in total. The van der Waals surface area contributed by atoms with Gasteiger partial charge < -0.3 is 15.0 Å². The highest BCUT2D eigenvalue weighted by Crippen LogP contribution is 2.33. The lowest BCUT2D eigenvalue weighted by Gasteiger charge is -2.34. The van der Waals surface area contributed by atoms with Gasteiger partial charge in [-0.3, -0.25) is 0 Å². The Morgan fingerprint density at radius 2 is 1.97 bits per heavy atom. The molecular weight excluding hydrogens is 474 g/mol. The molecule has 3 aromatic rings. The normalized spacial score (nSPS) is 14.5. The molecule has 0 unspecified atom stereocenters. The first-order chi connectivity index (χ1) is 16.2. The van der Waals surface area contributed by atoms with E-state index in [0.717, 1.165) is 37.2 Å². The van der Waals surface area contributed by atoms with Crippen LogP contribution in [0.5, 0.6) is 11.6 Å². The molecule has 0 radical (unpaired) electrons. The van der Waals surface area contributed by atoms with Gasteiger partial charge >= 0.3 is 0 Å². The Bertz CT molecular complexity index is 1330. The maximum absolute atomic E-state index is 11.9. The first-order valence-corrected chi connectivity index (χ1v) is 13.0. The van der Waals surface area contributed by atoms with Crippen molar-refractivity contribution >= 4 is 33.1 Å². The number of piperidine rings is 1. The molecule has 1 aromatic heterocycles. The number of hydrogen-bond acceptors (Lipinski definition) is 8. The number of halogens is 1. The molecule has 176 valence electrons. The van der Waals surface area contributed by atoms with Crippen LogP contribution in [0.2, 0.25) is 5.02 Å². The van der Waals surface area contributed by atoms with Crippen LogP contribution in [-0.2, 0) is 9.84 Å². The topological polar surface area (TPSA) is 108 Å². The van der Waals surface area contributed by atoms with Crippen LogP contribution in [0.25, 0.3) is 0 Å². The number of nitrogens with zero attached hydrogens (tertiary/aromatic N) is 4. The SMILES string of the molecule is Cc1cc(C#N)cc(Cl)c1Oc1ccnc(NC2CCN(c3cccc(S(C)(=O)=O)c3)CC2)n1. The Balaban J connectivity index is 1.39. The molecule has 1 aliphatic heterocycles. The van der Waals surface area contributed by atoms with Gasteiger partial charge in [-0.15, -0.1) is 0 Å². The molecule has 0 spiro atoms. The van der Waals surface area contributed by atoms with E-state index in [1.165, 1.54) is 6.26 Å². The zero-order valence-corrected chi connectivity index (χ0v) is 20.4. The minimum Gasteiger partial charge on any atom is -0.437 e. The lowest BCUT2D eigenvalue weighted by Crippen LogP contribution is -2.39. The molecule has 1 aliphatic rings. The molecule has 4 rings (SSSR count). The molecular formula is C24H24ClN5O3S. The molecule has 2 aromatic carbocycles. The van der Waals surface area contributed by atoms with Crippen LogP contribution >= 0.6 is 11.6 Å². The van der Waals surface area contributed by atoms with E-state index in [9.17, 15) is 8.42 Å². The van der Waals surface area contributed by atoms with Crippen LogP contribution in [0.1, 0.15) is 24.0 Å². The molecule has 1 N–H and O–H groups in total. The second-order valence-corrected chi connectivity index (χ2v) is 10.6. The Hall–Kier alpha value is -3.35. The van der Waals surface area contributed by atoms with E-state index < -0.39 is 9.84 Å². The van der Waals surface area contributed by atoms with Crippen molar-refractivity contribution in [1.82, 2.24) is 9.97 Å². The minimum absolute atomic E-state index is 0.171. The van der Waals surface area contributed by atoms with Gasteiger partial charge in [0.15, 0.2) is 15.6 Å². The summed E-state index contributed by atoms with van der Waals surface area (Å²) < 4.78 is 29.6. The van der Waals surface area contributed by atoms with Crippen molar-refractivity contribution in [3.8, 4) is 17.7 Å². The fraction of sp³-hybridized carbons (Fsp3) is 0.292. The van der Waals surface area contributed by atoms with Crippen LogP contribution in [0.4, 0.5) is 11.6 Å². The minimum atomic E-state index is -3.24. The number of benzene rings is 2. The number of rotatable bonds is 6. The average molecular weight is 498 g/mol. The number of anilines is 2. The Kier molecular flexibility index (Phi) is 6.91. The molecule has 1 saturated heterocycles. The molecule has 0 saturated carbocycles. The second kappa shape index (κ2) is 9.87. The zero-order valence-electron chi connectivity index (χ0n) is 18.8. The van der Waals surface area contributed by atoms with E-state index in [0.29, 0.717) is 33.1 Å². The van der Waals surface area contributed by atoms with E-state index in [1.54, 1.807) is 42.6 Å². The number of nitrogens with one attached hydrogen (secondary N) is 1. The number of ether oxygens (including phenoxy) is 1. The van der Waals surface area contributed by atoms with Crippen molar-refractivity contribution < 1.29 is 13.2 Å². The summed E-state index contributed by atoms with van der Waals surface area (Å²) in [5.41, 5.74) is 2.11. The molecule has 0 bridgehead atoms. The van der Waals surface area contributed by atoms with Crippen molar-refractivity contribution in [3.05, 3.63) is 64.8 Å². The predicted molar refractivity (Wildman–Crippen MR) is 131 cm³/mol. The van der Waals surface area contributed by atoms with E-state index in [-0.39, 0.29) is 6.04 Å². The van der Waals surface area contributed by atoms with Crippen molar-refractivity contribution in [3.63, 3.8) is 0 Å². The first-order valence-electron chi connectivity index (χ1n) is 10.8. The van der Waals surface area contributed by atoms with Crippen LogP contribution in [0.15, 0.2) is 53.6 Å². The van der Waals surface area contributed by atoms with Gasteiger partial charge in [-0.1, -0.05) is 17.7 Å². The Morgan fingerprint density at radius 1 is 1.21 bits per heavy atom. The summed E-state index contributed by atoms with van der Waals surface area (Å²) in [5, 5.41) is 12.8. The fourth-order valence-corrected chi connectivity index (χ4v) is 4.84. The van der Waals surface area contributed by atoms with E-state index in [2.05, 4.69) is 26.3 Å². The summed E-state index contributed by atoms with van der Waals surface area (Å²) in [4.78, 5) is 11.3. The van der Waals surface area contributed by atoms with Gasteiger partial charge in [-0.2, -0.15) is 10.2 Å². The van der Waals surface area contributed by atoms with E-state index >= 15 is 0 Å². The van der Waals surface area contributed by atoms with E-state index in [1.807, 2.05) is 13.0 Å². The van der Waals surface area contributed by atoms with Crippen molar-refractivity contribution in [1.29, 1.82) is 5.26 Å². The number of hydrogen-bond donors (Lipinski definition) is 1. The number of aromatic nitrogens is 2. The number of aryl methyl sites for hydroxylation is 1. The molecule has 10 heteroatoms. The van der Waals surface area contributed by atoms with Gasteiger partial charge in [0.1, 0.15) is 0 Å². The molecule has 2 heterocycles. The quantitative estimate of drug-likeness (QED) is 0.527. The summed E-state index contributed by atoms with van der Waals surface area (Å²) in [6, 6.07) is 14.2. The fourth-order valence-electron chi connectivity index (χ4n) is 3.87. The highest BCUT2D eigenvalue weighted by Gasteiger charge is 2.21. The molecule has 0 aliphatic carbocycles. The molecule has 0 amide bonds. The van der Waals surface area contributed by atoms with Crippen LogP contribution < -0.4 is 15.0 Å². The number of sulfone groups is 1. The summed E-state index contributed by atoms with van der Waals surface area (Å²) in [5.74, 6) is 1.26.